The van der Waals surface area contributed by atoms with Crippen LogP contribution in [0.1, 0.15) is 12.0 Å². The fraction of sp³-hybridized carbons (Fsp3) is 0.125. The average molecular weight is 262 g/mol. The maximum absolute atomic E-state index is 8.77. The van der Waals surface area contributed by atoms with Gasteiger partial charge in [-0.05, 0) is 36.4 Å². The van der Waals surface area contributed by atoms with E-state index in [4.69, 9.17) is 5.26 Å². The molecule has 0 spiro atoms. The Kier molecular flexibility index (Phi) is 3.34. The zero-order valence-electron chi connectivity index (χ0n) is 11.0. The molecule has 1 N–H and O–H groups in total. The van der Waals surface area contributed by atoms with Crippen LogP contribution in [-0.4, -0.2) is 12.4 Å². The third kappa shape index (κ3) is 2.62. The van der Waals surface area contributed by atoms with Gasteiger partial charge in [0.15, 0.2) is 0 Å². The Bertz CT molecular complexity index is 653. The average Bonchev–Trinajstić information content (AvgIpc) is 2.97. The Labute approximate surface area is 118 Å². The van der Waals surface area contributed by atoms with Crippen LogP contribution in [0.25, 0.3) is 0 Å². The molecule has 0 aromatic heterocycles. The standard InChI is InChI=1S/C16H14N4/c17-12-13-6-8-14(9-7-13)18-16-10-11-20(19-16)15-4-2-1-3-5-15/h1-9H,10-11H2,(H,18,19). The van der Waals surface area contributed by atoms with Crippen LogP contribution in [-0.2, 0) is 0 Å². The van der Waals surface area contributed by atoms with Gasteiger partial charge in [-0.2, -0.15) is 5.26 Å². The Morgan fingerprint density at radius 1 is 1.05 bits per heavy atom. The molecule has 2 aromatic carbocycles. The summed E-state index contributed by atoms with van der Waals surface area (Å²) in [5.41, 5.74) is 5.95. The third-order valence-corrected chi connectivity index (χ3v) is 3.16. The van der Waals surface area contributed by atoms with Crippen molar-refractivity contribution in [1.29, 1.82) is 5.26 Å². The Morgan fingerprint density at radius 2 is 1.80 bits per heavy atom. The molecule has 0 amide bonds. The highest BCUT2D eigenvalue weighted by atomic mass is 15.5. The van der Waals surface area contributed by atoms with E-state index in [0.717, 1.165) is 30.2 Å². The van der Waals surface area contributed by atoms with Crippen LogP contribution in [0.2, 0.25) is 0 Å². The van der Waals surface area contributed by atoms with Gasteiger partial charge in [0.1, 0.15) is 5.84 Å². The van der Waals surface area contributed by atoms with Crippen molar-refractivity contribution in [2.45, 2.75) is 6.42 Å². The molecule has 0 unspecified atom stereocenters. The van der Waals surface area contributed by atoms with Crippen molar-refractivity contribution < 1.29 is 0 Å². The van der Waals surface area contributed by atoms with Gasteiger partial charge in [-0.3, -0.25) is 10.4 Å². The third-order valence-electron chi connectivity index (χ3n) is 3.16. The zero-order chi connectivity index (χ0) is 13.8. The van der Waals surface area contributed by atoms with E-state index >= 15 is 0 Å². The summed E-state index contributed by atoms with van der Waals surface area (Å²) in [6.45, 7) is 0.902. The van der Waals surface area contributed by atoms with Gasteiger partial charge in [-0.25, -0.2) is 4.99 Å². The number of hydrogen-bond acceptors (Lipinski definition) is 3. The normalized spacial score (nSPS) is 15.9. The maximum Gasteiger partial charge on any atom is 0.123 e. The van der Waals surface area contributed by atoms with E-state index in [2.05, 4.69) is 33.6 Å². The van der Waals surface area contributed by atoms with Gasteiger partial charge >= 0.3 is 0 Å². The van der Waals surface area contributed by atoms with E-state index in [1.807, 2.05) is 30.3 Å². The molecule has 0 saturated carbocycles. The first-order valence-electron chi connectivity index (χ1n) is 6.52. The van der Waals surface area contributed by atoms with E-state index in [0.29, 0.717) is 5.56 Å². The van der Waals surface area contributed by atoms with Gasteiger partial charge in [-0.1, -0.05) is 18.2 Å². The summed E-state index contributed by atoms with van der Waals surface area (Å²) < 4.78 is 0. The molecule has 1 aliphatic rings. The number of para-hydroxylation sites is 1. The lowest BCUT2D eigenvalue weighted by Crippen LogP contribution is -2.32. The summed E-state index contributed by atoms with van der Waals surface area (Å²) >= 11 is 0. The van der Waals surface area contributed by atoms with Crippen molar-refractivity contribution in [2.75, 3.05) is 11.6 Å². The second kappa shape index (κ2) is 5.45. The van der Waals surface area contributed by atoms with Gasteiger partial charge in [-0.15, -0.1) is 0 Å². The smallest absolute Gasteiger partial charge is 0.123 e. The lowest BCUT2D eigenvalue weighted by molar-refractivity contribution is 0.858. The molecule has 1 saturated heterocycles. The number of aliphatic imine (C=N–C) groups is 1. The number of anilines is 1. The van der Waals surface area contributed by atoms with E-state index < -0.39 is 0 Å². The molecule has 0 radical (unpaired) electrons. The van der Waals surface area contributed by atoms with Crippen LogP contribution < -0.4 is 10.4 Å². The van der Waals surface area contributed by atoms with Gasteiger partial charge < -0.3 is 0 Å². The maximum atomic E-state index is 8.77. The number of nitrogens with one attached hydrogen (secondary N) is 1. The van der Waals surface area contributed by atoms with E-state index in [1.54, 1.807) is 12.1 Å². The Morgan fingerprint density at radius 3 is 2.50 bits per heavy atom. The Balaban J connectivity index is 1.73. The summed E-state index contributed by atoms with van der Waals surface area (Å²) in [6, 6.07) is 19.6. The van der Waals surface area contributed by atoms with Crippen LogP contribution in [0.5, 0.6) is 0 Å². The van der Waals surface area contributed by atoms with E-state index in [-0.39, 0.29) is 0 Å². The highest BCUT2D eigenvalue weighted by Crippen LogP contribution is 2.18. The second-order valence-electron chi connectivity index (χ2n) is 4.57. The predicted molar refractivity (Wildman–Crippen MR) is 79.8 cm³/mol. The monoisotopic (exact) mass is 262 g/mol. The van der Waals surface area contributed by atoms with Crippen LogP contribution in [0.3, 0.4) is 0 Å². The molecule has 2 aromatic rings. The minimum absolute atomic E-state index is 0.652. The van der Waals surface area contributed by atoms with Gasteiger partial charge in [0.05, 0.1) is 23.0 Å². The number of hydrogen-bond donors (Lipinski definition) is 1. The molecular formula is C16H14N4. The van der Waals surface area contributed by atoms with Crippen LogP contribution in [0.4, 0.5) is 11.4 Å². The fourth-order valence-corrected chi connectivity index (χ4v) is 2.13. The number of nitrogens with zero attached hydrogens (tertiary/aromatic N) is 3. The van der Waals surface area contributed by atoms with Crippen molar-refractivity contribution in [1.82, 2.24) is 5.43 Å². The molecule has 4 heteroatoms. The quantitative estimate of drug-likeness (QED) is 0.905. The largest absolute Gasteiger partial charge is 0.286 e. The summed E-state index contributed by atoms with van der Waals surface area (Å²) in [4.78, 5) is 4.56. The van der Waals surface area contributed by atoms with Crippen molar-refractivity contribution in [3.05, 3.63) is 60.2 Å². The minimum atomic E-state index is 0.652. The van der Waals surface area contributed by atoms with Crippen molar-refractivity contribution in [2.24, 2.45) is 4.99 Å². The zero-order valence-corrected chi connectivity index (χ0v) is 11.0. The second-order valence-corrected chi connectivity index (χ2v) is 4.57. The number of nitriles is 1. The lowest BCUT2D eigenvalue weighted by atomic mass is 10.2. The fourth-order valence-electron chi connectivity index (χ4n) is 2.13. The van der Waals surface area contributed by atoms with Crippen LogP contribution in [0, 0.1) is 11.3 Å². The first kappa shape index (κ1) is 12.2. The van der Waals surface area contributed by atoms with Gasteiger partial charge in [0, 0.05) is 13.0 Å². The molecule has 0 atom stereocenters. The minimum Gasteiger partial charge on any atom is -0.286 e. The number of hydrazine groups is 1. The van der Waals surface area contributed by atoms with E-state index in [9.17, 15) is 0 Å². The number of rotatable bonds is 2. The summed E-state index contributed by atoms with van der Waals surface area (Å²) in [6.07, 6.45) is 0.884. The molecule has 1 heterocycles. The highest BCUT2D eigenvalue weighted by Gasteiger charge is 2.16. The van der Waals surface area contributed by atoms with Crippen LogP contribution >= 0.6 is 0 Å². The molecule has 1 fully saturated rings. The first-order chi connectivity index (χ1) is 9.85. The van der Waals surface area contributed by atoms with E-state index in [1.165, 1.54) is 0 Å². The van der Waals surface area contributed by atoms with Crippen molar-refractivity contribution in [3.63, 3.8) is 0 Å². The SMILES string of the molecule is N#Cc1ccc(N=C2CCN(c3ccccc3)N2)cc1. The molecular weight excluding hydrogens is 248 g/mol. The van der Waals surface area contributed by atoms with Gasteiger partial charge in [0.2, 0.25) is 0 Å². The molecule has 0 aliphatic carbocycles. The van der Waals surface area contributed by atoms with Crippen molar-refractivity contribution >= 4 is 17.2 Å². The summed E-state index contributed by atoms with van der Waals surface area (Å²) in [5, 5.41) is 10.9. The highest BCUT2D eigenvalue weighted by molar-refractivity contribution is 5.89. The van der Waals surface area contributed by atoms with Crippen LogP contribution in [0.15, 0.2) is 59.6 Å². The molecule has 20 heavy (non-hydrogen) atoms. The molecule has 1 aliphatic heterocycles. The topological polar surface area (TPSA) is 51.4 Å². The van der Waals surface area contributed by atoms with Gasteiger partial charge in [0.25, 0.3) is 0 Å². The number of amidine groups is 1. The number of benzene rings is 2. The molecule has 3 rings (SSSR count). The lowest BCUT2D eigenvalue weighted by Gasteiger charge is -2.17. The van der Waals surface area contributed by atoms with Crippen molar-refractivity contribution in [3.8, 4) is 6.07 Å². The summed E-state index contributed by atoms with van der Waals surface area (Å²) in [7, 11) is 0. The predicted octanol–water partition coefficient (Wildman–Crippen LogP) is 3.00. The summed E-state index contributed by atoms with van der Waals surface area (Å²) in [5.74, 6) is 0.943. The molecule has 98 valence electrons. The molecule has 4 nitrogen and oxygen atoms in total. The first-order valence-corrected chi connectivity index (χ1v) is 6.52. The molecule has 0 bridgehead atoms. The Hall–Kier alpha value is -2.80.